The molecule has 2 aromatic carbocycles. The second kappa shape index (κ2) is 8.07. The van der Waals surface area contributed by atoms with E-state index >= 15 is 0 Å². The van der Waals surface area contributed by atoms with Crippen LogP contribution in [-0.2, 0) is 11.2 Å². The van der Waals surface area contributed by atoms with Crippen LogP contribution in [0.3, 0.4) is 0 Å². The Morgan fingerprint density at radius 3 is 2.72 bits per heavy atom. The van der Waals surface area contributed by atoms with Crippen LogP contribution in [0.1, 0.15) is 16.1 Å². The number of nitro benzene ring substituents is 1. The van der Waals surface area contributed by atoms with Crippen LogP contribution in [0, 0.1) is 10.1 Å². The number of carbonyl (C=O) groups excluding carboxylic acids is 1. The number of nitro groups is 1. The number of hydrogen-bond donors (Lipinski definition) is 1. The Bertz CT molecular complexity index is 1100. The lowest BCUT2D eigenvalue weighted by Crippen LogP contribution is -2.07. The van der Waals surface area contributed by atoms with Crippen molar-refractivity contribution in [1.82, 2.24) is 10.2 Å². The third-order valence-electron chi connectivity index (χ3n) is 4.03. The number of benzene rings is 2. The molecular formula is C19H14N4O5S. The van der Waals surface area contributed by atoms with Gasteiger partial charge in [-0.05, 0) is 17.7 Å². The van der Waals surface area contributed by atoms with Gasteiger partial charge >= 0.3 is 0 Å². The molecule has 0 unspecified atom stereocenters. The van der Waals surface area contributed by atoms with E-state index in [1.807, 2.05) is 30.3 Å². The Morgan fingerprint density at radius 1 is 1.21 bits per heavy atom. The van der Waals surface area contributed by atoms with E-state index in [0.717, 1.165) is 10.6 Å². The maximum absolute atomic E-state index is 12.2. The first-order valence-corrected chi connectivity index (χ1v) is 9.33. The van der Waals surface area contributed by atoms with Crippen LogP contribution in [0.2, 0.25) is 0 Å². The van der Waals surface area contributed by atoms with Gasteiger partial charge in [-0.15, -0.1) is 10.2 Å². The number of amides is 1. The number of anilines is 1. The van der Waals surface area contributed by atoms with Crippen molar-refractivity contribution in [2.45, 2.75) is 6.42 Å². The summed E-state index contributed by atoms with van der Waals surface area (Å²) < 4.78 is 10.4. The van der Waals surface area contributed by atoms with Gasteiger partial charge in [-0.3, -0.25) is 20.2 Å². The van der Waals surface area contributed by atoms with Crippen LogP contribution < -0.4 is 14.8 Å². The summed E-state index contributed by atoms with van der Waals surface area (Å²) in [7, 11) is 0. The highest BCUT2D eigenvalue weighted by Gasteiger charge is 2.22. The van der Waals surface area contributed by atoms with E-state index in [9.17, 15) is 14.9 Å². The molecule has 1 aliphatic rings. The van der Waals surface area contributed by atoms with E-state index in [-0.39, 0.29) is 18.0 Å². The fourth-order valence-corrected chi connectivity index (χ4v) is 3.47. The first-order chi connectivity index (χ1) is 14.1. The molecule has 2 heterocycles. The third kappa shape index (κ3) is 4.38. The molecule has 0 fully saturated rings. The Labute approximate surface area is 168 Å². The zero-order chi connectivity index (χ0) is 20.2. The van der Waals surface area contributed by atoms with Gasteiger partial charge in [0.2, 0.25) is 17.8 Å². The van der Waals surface area contributed by atoms with E-state index in [1.54, 1.807) is 0 Å². The topological polar surface area (TPSA) is 116 Å². The van der Waals surface area contributed by atoms with Gasteiger partial charge in [0.15, 0.2) is 11.5 Å². The molecule has 146 valence electrons. The van der Waals surface area contributed by atoms with Crippen LogP contribution in [0.25, 0.3) is 6.08 Å². The summed E-state index contributed by atoms with van der Waals surface area (Å²) in [6.07, 6.45) is 3.16. The summed E-state index contributed by atoms with van der Waals surface area (Å²) in [5.74, 6) is 0.225. The lowest BCUT2D eigenvalue weighted by atomic mass is 10.1. The van der Waals surface area contributed by atoms with Crippen molar-refractivity contribution in [3.63, 3.8) is 0 Å². The highest BCUT2D eigenvalue weighted by Crippen LogP contribution is 2.38. The SMILES string of the molecule is O=C(/C=C/c1cc2c(cc1[N+](=O)[O-])OCO2)Nc1nnc(Cc2ccccc2)s1. The van der Waals surface area contributed by atoms with Crippen molar-refractivity contribution >= 4 is 34.1 Å². The Kier molecular flexibility index (Phi) is 5.16. The fourth-order valence-electron chi connectivity index (χ4n) is 2.70. The maximum Gasteiger partial charge on any atom is 0.280 e. The lowest BCUT2D eigenvalue weighted by molar-refractivity contribution is -0.385. The average molecular weight is 410 g/mol. The zero-order valence-electron chi connectivity index (χ0n) is 14.9. The predicted molar refractivity (Wildman–Crippen MR) is 106 cm³/mol. The number of rotatable bonds is 6. The minimum atomic E-state index is -0.542. The Morgan fingerprint density at radius 2 is 1.97 bits per heavy atom. The zero-order valence-corrected chi connectivity index (χ0v) is 15.7. The maximum atomic E-state index is 12.2. The van der Waals surface area contributed by atoms with Crippen molar-refractivity contribution in [2.24, 2.45) is 0 Å². The van der Waals surface area contributed by atoms with Gasteiger partial charge in [0.25, 0.3) is 5.69 Å². The van der Waals surface area contributed by atoms with E-state index in [1.165, 1.54) is 35.6 Å². The number of carbonyl (C=O) groups is 1. The van der Waals surface area contributed by atoms with Crippen molar-refractivity contribution in [3.05, 3.63) is 74.8 Å². The lowest BCUT2D eigenvalue weighted by Gasteiger charge is -2.01. The molecule has 4 rings (SSSR count). The molecular weight excluding hydrogens is 396 g/mol. The van der Waals surface area contributed by atoms with Crippen LogP contribution >= 0.6 is 11.3 Å². The summed E-state index contributed by atoms with van der Waals surface area (Å²) in [6.45, 7) is 0.00248. The van der Waals surface area contributed by atoms with Crippen LogP contribution in [0.4, 0.5) is 10.8 Å². The molecule has 3 aromatic rings. The van der Waals surface area contributed by atoms with Crippen molar-refractivity contribution in [2.75, 3.05) is 12.1 Å². The van der Waals surface area contributed by atoms with Gasteiger partial charge in [-0.2, -0.15) is 0 Å². The number of nitrogens with one attached hydrogen (secondary N) is 1. The van der Waals surface area contributed by atoms with Crippen LogP contribution in [-0.4, -0.2) is 27.8 Å². The quantitative estimate of drug-likeness (QED) is 0.376. The van der Waals surface area contributed by atoms with Crippen molar-refractivity contribution < 1.29 is 19.2 Å². The molecule has 0 saturated heterocycles. The van der Waals surface area contributed by atoms with Crippen LogP contribution in [0.15, 0.2) is 48.5 Å². The molecule has 0 bridgehead atoms. The monoisotopic (exact) mass is 410 g/mol. The number of hydrogen-bond acceptors (Lipinski definition) is 8. The molecule has 1 aromatic heterocycles. The molecule has 9 nitrogen and oxygen atoms in total. The Hall–Kier alpha value is -3.79. The first-order valence-electron chi connectivity index (χ1n) is 8.52. The van der Waals surface area contributed by atoms with Gasteiger partial charge in [-0.1, -0.05) is 41.7 Å². The molecule has 29 heavy (non-hydrogen) atoms. The standard InChI is InChI=1S/C19H14N4O5S/c24-17(20-19-22-21-18(29-19)8-12-4-2-1-3-5-12)7-6-13-9-15-16(28-11-27-15)10-14(13)23(25)26/h1-7,9-10H,8,11H2,(H,20,22,24)/b7-6+. The van der Waals surface area contributed by atoms with Crippen molar-refractivity contribution in [1.29, 1.82) is 0 Å². The summed E-state index contributed by atoms with van der Waals surface area (Å²) in [6, 6.07) is 12.5. The fraction of sp³-hybridized carbons (Fsp3) is 0.105. The summed E-state index contributed by atoms with van der Waals surface area (Å²) in [5, 5.41) is 23.0. The van der Waals surface area contributed by atoms with Gasteiger partial charge in [0.1, 0.15) is 5.01 Å². The van der Waals surface area contributed by atoms with E-state index in [2.05, 4.69) is 15.5 Å². The predicted octanol–water partition coefficient (Wildman–Crippen LogP) is 3.42. The van der Waals surface area contributed by atoms with Crippen LogP contribution in [0.5, 0.6) is 11.5 Å². The summed E-state index contributed by atoms with van der Waals surface area (Å²) in [5.41, 5.74) is 1.15. The summed E-state index contributed by atoms with van der Waals surface area (Å²) in [4.78, 5) is 22.9. The minimum Gasteiger partial charge on any atom is -0.454 e. The molecule has 0 atom stereocenters. The van der Waals surface area contributed by atoms with Gasteiger partial charge in [0, 0.05) is 12.5 Å². The average Bonchev–Trinajstić information content (AvgIpc) is 3.35. The molecule has 1 aliphatic heterocycles. The molecule has 0 saturated carbocycles. The minimum absolute atomic E-state index is 0.00248. The van der Waals surface area contributed by atoms with E-state index < -0.39 is 10.8 Å². The Balaban J connectivity index is 1.44. The number of fused-ring (bicyclic) bond motifs is 1. The first kappa shape index (κ1) is 18.6. The summed E-state index contributed by atoms with van der Waals surface area (Å²) >= 11 is 1.27. The molecule has 0 spiro atoms. The second-order valence-corrected chi connectivity index (χ2v) is 7.07. The smallest absolute Gasteiger partial charge is 0.280 e. The van der Waals surface area contributed by atoms with E-state index in [0.29, 0.717) is 23.1 Å². The second-order valence-electron chi connectivity index (χ2n) is 6.01. The van der Waals surface area contributed by atoms with Gasteiger partial charge in [0.05, 0.1) is 16.6 Å². The molecule has 0 radical (unpaired) electrons. The molecule has 1 amide bonds. The number of nitrogens with zero attached hydrogens (tertiary/aromatic N) is 3. The number of ether oxygens (including phenoxy) is 2. The highest BCUT2D eigenvalue weighted by atomic mass is 32.1. The third-order valence-corrected chi connectivity index (χ3v) is 4.87. The number of aromatic nitrogens is 2. The molecule has 10 heteroatoms. The van der Waals surface area contributed by atoms with E-state index in [4.69, 9.17) is 9.47 Å². The normalized spacial score (nSPS) is 12.3. The highest BCUT2D eigenvalue weighted by molar-refractivity contribution is 7.15. The molecule has 0 aliphatic carbocycles. The largest absolute Gasteiger partial charge is 0.454 e. The molecule has 1 N–H and O–H groups in total. The van der Waals surface area contributed by atoms with Crippen molar-refractivity contribution in [3.8, 4) is 11.5 Å². The van der Waals surface area contributed by atoms with Gasteiger partial charge < -0.3 is 9.47 Å². The van der Waals surface area contributed by atoms with Gasteiger partial charge in [-0.25, -0.2) is 0 Å².